The van der Waals surface area contributed by atoms with Crippen LogP contribution in [0.15, 0.2) is 30.6 Å². The number of anilines is 1. The average molecular weight is 304 g/mol. The molecular weight excluding hydrogens is 286 g/mol. The van der Waals surface area contributed by atoms with E-state index in [0.717, 1.165) is 43.8 Å². The summed E-state index contributed by atoms with van der Waals surface area (Å²) in [6, 6.07) is 5.73. The van der Waals surface area contributed by atoms with Gasteiger partial charge in [-0.1, -0.05) is 6.07 Å². The predicted molar refractivity (Wildman–Crippen MR) is 80.6 cm³/mol. The molecule has 2 aromatic rings. The molecule has 3 rings (SSSR count). The van der Waals surface area contributed by atoms with Gasteiger partial charge in [-0.25, -0.2) is 18.7 Å². The lowest BCUT2D eigenvalue weighted by atomic mass is 10.2. The lowest BCUT2D eigenvalue weighted by Crippen LogP contribution is -2.46. The third-order valence-corrected chi connectivity index (χ3v) is 3.89. The number of halogens is 2. The molecule has 1 aromatic carbocycles. The number of benzene rings is 1. The molecule has 0 bridgehead atoms. The summed E-state index contributed by atoms with van der Waals surface area (Å²) in [5, 5.41) is 0. The van der Waals surface area contributed by atoms with Crippen LogP contribution in [0.1, 0.15) is 11.3 Å². The summed E-state index contributed by atoms with van der Waals surface area (Å²) in [6.45, 7) is 5.75. The lowest BCUT2D eigenvalue weighted by Gasteiger charge is -2.35. The Morgan fingerprint density at radius 2 is 1.82 bits per heavy atom. The second-order valence-electron chi connectivity index (χ2n) is 5.52. The number of rotatable bonds is 3. The van der Waals surface area contributed by atoms with E-state index in [2.05, 4.69) is 19.8 Å². The summed E-state index contributed by atoms with van der Waals surface area (Å²) in [4.78, 5) is 12.8. The minimum atomic E-state index is -0.537. The Labute approximate surface area is 128 Å². The minimum absolute atomic E-state index is 0.478. The molecule has 1 fully saturated rings. The third-order valence-electron chi connectivity index (χ3n) is 3.89. The first-order chi connectivity index (χ1) is 10.6. The number of hydrogen-bond acceptors (Lipinski definition) is 4. The largest absolute Gasteiger partial charge is 0.354 e. The van der Waals surface area contributed by atoms with Gasteiger partial charge in [0.1, 0.15) is 23.8 Å². The molecule has 0 N–H and O–H groups in total. The fourth-order valence-electron chi connectivity index (χ4n) is 2.64. The van der Waals surface area contributed by atoms with Gasteiger partial charge in [0.2, 0.25) is 0 Å². The summed E-state index contributed by atoms with van der Waals surface area (Å²) in [5.74, 6) is -0.0841. The van der Waals surface area contributed by atoms with Crippen LogP contribution in [0, 0.1) is 18.6 Å². The molecular formula is C16H18F2N4. The Bertz CT molecular complexity index is 654. The monoisotopic (exact) mass is 304 g/mol. The zero-order valence-electron chi connectivity index (χ0n) is 12.5. The summed E-state index contributed by atoms with van der Waals surface area (Å²) in [7, 11) is 0. The van der Waals surface area contributed by atoms with Gasteiger partial charge in [-0.15, -0.1) is 0 Å². The molecule has 0 spiro atoms. The molecule has 0 atom stereocenters. The molecule has 6 heteroatoms. The van der Waals surface area contributed by atoms with Crippen LogP contribution in [0.3, 0.4) is 0 Å². The van der Waals surface area contributed by atoms with E-state index in [1.807, 2.05) is 13.0 Å². The van der Waals surface area contributed by atoms with Gasteiger partial charge in [-0.05, 0) is 13.0 Å². The summed E-state index contributed by atoms with van der Waals surface area (Å²) >= 11 is 0. The van der Waals surface area contributed by atoms with Crippen molar-refractivity contribution in [1.29, 1.82) is 0 Å². The molecule has 1 saturated heterocycles. The molecule has 0 amide bonds. The third kappa shape index (κ3) is 3.39. The van der Waals surface area contributed by atoms with E-state index >= 15 is 0 Å². The highest BCUT2D eigenvalue weighted by Crippen LogP contribution is 2.17. The topological polar surface area (TPSA) is 32.3 Å². The first-order valence-corrected chi connectivity index (χ1v) is 7.32. The van der Waals surface area contributed by atoms with Crippen LogP contribution in [0.25, 0.3) is 0 Å². The van der Waals surface area contributed by atoms with Crippen LogP contribution in [0.2, 0.25) is 0 Å². The Hall–Kier alpha value is -2.08. The van der Waals surface area contributed by atoms with Gasteiger partial charge in [0.05, 0.1) is 0 Å². The highest BCUT2D eigenvalue weighted by molar-refractivity contribution is 5.39. The van der Waals surface area contributed by atoms with Crippen molar-refractivity contribution in [3.63, 3.8) is 0 Å². The van der Waals surface area contributed by atoms with Crippen molar-refractivity contribution in [2.45, 2.75) is 13.5 Å². The number of hydrogen-bond donors (Lipinski definition) is 0. The van der Waals surface area contributed by atoms with E-state index in [0.29, 0.717) is 12.1 Å². The van der Waals surface area contributed by atoms with Gasteiger partial charge in [-0.2, -0.15) is 0 Å². The minimum Gasteiger partial charge on any atom is -0.354 e. The second-order valence-corrected chi connectivity index (χ2v) is 5.52. The van der Waals surface area contributed by atoms with E-state index in [1.54, 1.807) is 6.33 Å². The zero-order chi connectivity index (χ0) is 15.5. The molecule has 0 aliphatic carbocycles. The quantitative estimate of drug-likeness (QED) is 0.871. The van der Waals surface area contributed by atoms with Crippen LogP contribution in [-0.4, -0.2) is 41.0 Å². The lowest BCUT2D eigenvalue weighted by molar-refractivity contribution is 0.246. The summed E-state index contributed by atoms with van der Waals surface area (Å²) in [5.41, 5.74) is 1.48. The van der Waals surface area contributed by atoms with Gasteiger partial charge in [0.25, 0.3) is 0 Å². The van der Waals surface area contributed by atoms with Gasteiger partial charge in [0, 0.05) is 56.1 Å². The standard InChI is InChI=1S/C16H18F2N4/c1-12-8-16(20-11-19-12)22-6-4-21(5-7-22)10-13-2-3-14(17)9-15(13)18/h2-3,8-9,11H,4-7,10H2,1H3. The van der Waals surface area contributed by atoms with Gasteiger partial charge >= 0.3 is 0 Å². The number of aromatic nitrogens is 2. The van der Waals surface area contributed by atoms with E-state index in [4.69, 9.17) is 0 Å². The van der Waals surface area contributed by atoms with Crippen molar-refractivity contribution in [2.24, 2.45) is 0 Å². The first kappa shape index (κ1) is 14.8. The Balaban J connectivity index is 1.60. The Kier molecular flexibility index (Phi) is 4.29. The molecule has 1 aliphatic heterocycles. The SMILES string of the molecule is Cc1cc(N2CCN(Cc3ccc(F)cc3F)CC2)ncn1. The van der Waals surface area contributed by atoms with Crippen molar-refractivity contribution in [3.8, 4) is 0 Å². The maximum Gasteiger partial charge on any atom is 0.132 e. The van der Waals surface area contributed by atoms with Crippen molar-refractivity contribution >= 4 is 5.82 Å². The van der Waals surface area contributed by atoms with Crippen LogP contribution in [-0.2, 0) is 6.54 Å². The van der Waals surface area contributed by atoms with Crippen molar-refractivity contribution in [1.82, 2.24) is 14.9 Å². The van der Waals surface area contributed by atoms with E-state index in [-0.39, 0.29) is 0 Å². The summed E-state index contributed by atoms with van der Waals surface area (Å²) in [6.07, 6.45) is 1.57. The smallest absolute Gasteiger partial charge is 0.132 e. The maximum absolute atomic E-state index is 13.7. The van der Waals surface area contributed by atoms with Crippen molar-refractivity contribution < 1.29 is 8.78 Å². The highest BCUT2D eigenvalue weighted by Gasteiger charge is 2.19. The number of piperazine rings is 1. The van der Waals surface area contributed by atoms with Gasteiger partial charge < -0.3 is 4.90 Å². The first-order valence-electron chi connectivity index (χ1n) is 7.32. The molecule has 0 saturated carbocycles. The summed E-state index contributed by atoms with van der Waals surface area (Å²) < 4.78 is 26.6. The fraction of sp³-hybridized carbons (Fsp3) is 0.375. The van der Waals surface area contributed by atoms with Crippen molar-refractivity contribution in [3.05, 3.63) is 53.5 Å². The molecule has 0 unspecified atom stereocenters. The molecule has 22 heavy (non-hydrogen) atoms. The van der Waals surface area contributed by atoms with E-state index < -0.39 is 11.6 Å². The molecule has 1 aliphatic rings. The highest BCUT2D eigenvalue weighted by atomic mass is 19.1. The van der Waals surface area contributed by atoms with Gasteiger partial charge in [-0.3, -0.25) is 4.90 Å². The molecule has 1 aromatic heterocycles. The molecule has 4 nitrogen and oxygen atoms in total. The Morgan fingerprint density at radius 1 is 1.05 bits per heavy atom. The van der Waals surface area contributed by atoms with E-state index in [9.17, 15) is 8.78 Å². The number of aryl methyl sites for hydroxylation is 1. The van der Waals surface area contributed by atoms with Crippen LogP contribution in [0.5, 0.6) is 0 Å². The Morgan fingerprint density at radius 3 is 2.50 bits per heavy atom. The van der Waals surface area contributed by atoms with Crippen LogP contribution >= 0.6 is 0 Å². The molecule has 2 heterocycles. The maximum atomic E-state index is 13.7. The fourth-order valence-corrected chi connectivity index (χ4v) is 2.64. The van der Waals surface area contributed by atoms with Crippen LogP contribution in [0.4, 0.5) is 14.6 Å². The normalized spacial score (nSPS) is 16.0. The average Bonchev–Trinajstić information content (AvgIpc) is 2.51. The van der Waals surface area contributed by atoms with E-state index in [1.165, 1.54) is 12.1 Å². The zero-order valence-corrected chi connectivity index (χ0v) is 12.5. The van der Waals surface area contributed by atoms with Gasteiger partial charge in [0.15, 0.2) is 0 Å². The van der Waals surface area contributed by atoms with Crippen LogP contribution < -0.4 is 4.90 Å². The number of nitrogens with zero attached hydrogens (tertiary/aromatic N) is 4. The predicted octanol–water partition coefficient (Wildman–Crippen LogP) is 2.39. The second kappa shape index (κ2) is 6.36. The van der Waals surface area contributed by atoms with Crippen molar-refractivity contribution in [2.75, 3.05) is 31.1 Å². The molecule has 116 valence electrons. The molecule has 0 radical (unpaired) electrons.